The molecule has 0 aliphatic heterocycles. The number of halogens is 1. The molecule has 178 valence electrons. The van der Waals surface area contributed by atoms with Gasteiger partial charge in [0, 0.05) is 5.02 Å². The second kappa shape index (κ2) is 10.6. The van der Waals surface area contributed by atoms with Gasteiger partial charge < -0.3 is 9.84 Å². The van der Waals surface area contributed by atoms with Gasteiger partial charge in [0.05, 0.1) is 23.9 Å². The van der Waals surface area contributed by atoms with E-state index in [9.17, 15) is 18.3 Å². The van der Waals surface area contributed by atoms with Crippen molar-refractivity contribution >= 4 is 39.4 Å². The Labute approximate surface area is 203 Å². The number of sulfonamides is 1. The van der Waals surface area contributed by atoms with Crippen LogP contribution in [0.3, 0.4) is 0 Å². The van der Waals surface area contributed by atoms with Crippen LogP contribution < -0.4 is 14.5 Å². The molecule has 0 unspecified atom stereocenters. The molecule has 0 heterocycles. The van der Waals surface area contributed by atoms with Crippen molar-refractivity contribution in [3.8, 4) is 11.5 Å². The molecule has 3 aromatic rings. The lowest BCUT2D eigenvalue weighted by Gasteiger charge is -2.25. The molecule has 0 spiro atoms. The SMILES string of the molecule is COc1cc(/C=N\NC(=O)CN(c2cc(Cl)ccc2C)S(=O)(=O)c2ccc(C)cc2)ccc1O. The standard InChI is InChI=1S/C24H24ClN3O5S/c1-16-4-9-20(10-5-16)34(31,32)28(21-13-19(25)8-6-17(21)2)15-24(30)27-26-14-18-7-11-22(29)23(12-18)33-3/h4-14,29H,15H2,1-3H3,(H,27,30)/b26-14-. The molecule has 3 rings (SSSR count). The quantitative estimate of drug-likeness (QED) is 0.358. The summed E-state index contributed by atoms with van der Waals surface area (Å²) in [5.41, 5.74) is 4.72. The molecular formula is C24H24ClN3O5S. The maximum Gasteiger partial charge on any atom is 0.264 e. The first-order valence-corrected chi connectivity index (χ1v) is 12.0. The number of carbonyl (C=O) groups excluding carboxylic acids is 1. The number of nitrogens with zero attached hydrogens (tertiary/aromatic N) is 2. The number of phenols is 1. The van der Waals surface area contributed by atoms with Gasteiger partial charge in [-0.05, 0) is 67.4 Å². The van der Waals surface area contributed by atoms with E-state index in [1.807, 2.05) is 6.92 Å². The zero-order chi connectivity index (χ0) is 24.9. The van der Waals surface area contributed by atoms with Crippen LogP contribution in [0.25, 0.3) is 0 Å². The number of rotatable bonds is 8. The number of hydrogen-bond acceptors (Lipinski definition) is 6. The van der Waals surface area contributed by atoms with Gasteiger partial charge >= 0.3 is 0 Å². The third kappa shape index (κ3) is 5.86. The molecule has 0 aromatic heterocycles. The predicted octanol–water partition coefficient (Wildman–Crippen LogP) is 4.02. The summed E-state index contributed by atoms with van der Waals surface area (Å²) in [6.45, 7) is 3.07. The summed E-state index contributed by atoms with van der Waals surface area (Å²) < 4.78 is 33.0. The lowest BCUT2D eigenvalue weighted by Crippen LogP contribution is -2.40. The van der Waals surface area contributed by atoms with Crippen LogP contribution in [0.4, 0.5) is 5.69 Å². The maximum absolute atomic E-state index is 13.5. The van der Waals surface area contributed by atoms with Crippen LogP contribution in [0.5, 0.6) is 11.5 Å². The fourth-order valence-electron chi connectivity index (χ4n) is 3.11. The Kier molecular flexibility index (Phi) is 7.80. The van der Waals surface area contributed by atoms with E-state index in [4.69, 9.17) is 16.3 Å². The van der Waals surface area contributed by atoms with Gasteiger partial charge in [0.1, 0.15) is 6.54 Å². The van der Waals surface area contributed by atoms with Crippen LogP contribution in [-0.4, -0.2) is 39.3 Å². The van der Waals surface area contributed by atoms with E-state index in [0.717, 1.165) is 9.87 Å². The van der Waals surface area contributed by atoms with Crippen molar-refractivity contribution in [2.75, 3.05) is 18.0 Å². The van der Waals surface area contributed by atoms with E-state index in [0.29, 0.717) is 16.1 Å². The number of benzene rings is 3. The van der Waals surface area contributed by atoms with Gasteiger partial charge in [0.15, 0.2) is 11.5 Å². The molecule has 8 nitrogen and oxygen atoms in total. The second-order valence-electron chi connectivity index (χ2n) is 7.48. The Bertz CT molecular complexity index is 1320. The first-order chi connectivity index (χ1) is 16.1. The van der Waals surface area contributed by atoms with Gasteiger partial charge in [-0.15, -0.1) is 0 Å². The smallest absolute Gasteiger partial charge is 0.264 e. The number of nitrogens with one attached hydrogen (secondary N) is 1. The van der Waals surface area contributed by atoms with E-state index in [1.165, 1.54) is 43.7 Å². The average Bonchev–Trinajstić information content (AvgIpc) is 2.80. The summed E-state index contributed by atoms with van der Waals surface area (Å²) in [6.07, 6.45) is 1.35. The van der Waals surface area contributed by atoms with Crippen molar-refractivity contribution in [1.82, 2.24) is 5.43 Å². The highest BCUT2D eigenvalue weighted by molar-refractivity contribution is 7.92. The fraction of sp³-hybridized carbons (Fsp3) is 0.167. The number of amides is 1. The number of ether oxygens (including phenoxy) is 1. The van der Waals surface area contributed by atoms with Crippen molar-refractivity contribution in [1.29, 1.82) is 0 Å². The van der Waals surface area contributed by atoms with E-state index >= 15 is 0 Å². The van der Waals surface area contributed by atoms with Crippen LogP contribution in [0.15, 0.2) is 70.7 Å². The molecule has 2 N–H and O–H groups in total. The minimum atomic E-state index is -4.08. The van der Waals surface area contributed by atoms with Gasteiger partial charge in [-0.1, -0.05) is 35.4 Å². The monoisotopic (exact) mass is 501 g/mol. The van der Waals surface area contributed by atoms with Crippen molar-refractivity contribution in [2.24, 2.45) is 5.10 Å². The lowest BCUT2D eigenvalue weighted by atomic mass is 10.2. The lowest BCUT2D eigenvalue weighted by molar-refractivity contribution is -0.119. The first kappa shape index (κ1) is 25.1. The van der Waals surface area contributed by atoms with E-state index in [2.05, 4.69) is 10.5 Å². The average molecular weight is 502 g/mol. The number of aromatic hydroxyl groups is 1. The zero-order valence-electron chi connectivity index (χ0n) is 18.8. The highest BCUT2D eigenvalue weighted by Crippen LogP contribution is 2.29. The molecule has 0 saturated heterocycles. The Morgan fingerprint density at radius 2 is 1.82 bits per heavy atom. The molecule has 1 amide bonds. The molecule has 0 bridgehead atoms. The van der Waals surface area contributed by atoms with Gasteiger partial charge in [0.2, 0.25) is 0 Å². The summed E-state index contributed by atoms with van der Waals surface area (Å²) >= 11 is 6.13. The highest BCUT2D eigenvalue weighted by Gasteiger charge is 2.28. The topological polar surface area (TPSA) is 108 Å². The Hall–Kier alpha value is -3.56. The van der Waals surface area contributed by atoms with Gasteiger partial charge in [-0.25, -0.2) is 13.8 Å². The molecule has 0 aliphatic carbocycles. The molecule has 10 heteroatoms. The first-order valence-electron chi connectivity index (χ1n) is 10.2. The Morgan fingerprint density at radius 3 is 2.50 bits per heavy atom. The van der Waals surface area contributed by atoms with Crippen molar-refractivity contribution in [3.63, 3.8) is 0 Å². The van der Waals surface area contributed by atoms with Crippen molar-refractivity contribution < 1.29 is 23.1 Å². The van der Waals surface area contributed by atoms with Gasteiger partial charge in [0.25, 0.3) is 15.9 Å². The molecule has 3 aromatic carbocycles. The van der Waals surface area contributed by atoms with Crippen LogP contribution >= 0.6 is 11.6 Å². The second-order valence-corrected chi connectivity index (χ2v) is 9.78. The third-order valence-electron chi connectivity index (χ3n) is 4.94. The minimum Gasteiger partial charge on any atom is -0.504 e. The zero-order valence-corrected chi connectivity index (χ0v) is 20.4. The minimum absolute atomic E-state index is 0.0301. The molecule has 0 atom stereocenters. The number of phenolic OH excluding ortho intramolecular Hbond substituents is 1. The molecule has 0 aliphatic rings. The predicted molar refractivity (Wildman–Crippen MR) is 132 cm³/mol. The summed E-state index contributed by atoms with van der Waals surface area (Å²) in [5.74, 6) is -0.434. The highest BCUT2D eigenvalue weighted by atomic mass is 35.5. The van der Waals surface area contributed by atoms with Crippen molar-refractivity contribution in [2.45, 2.75) is 18.7 Å². The summed E-state index contributed by atoms with van der Waals surface area (Å²) in [4.78, 5) is 12.7. The van der Waals surface area contributed by atoms with E-state index in [1.54, 1.807) is 37.3 Å². The van der Waals surface area contributed by atoms with Crippen LogP contribution in [-0.2, 0) is 14.8 Å². The number of aryl methyl sites for hydroxylation is 2. The number of hydrogen-bond donors (Lipinski definition) is 2. The van der Waals surface area contributed by atoms with Crippen LogP contribution in [0.2, 0.25) is 5.02 Å². The van der Waals surface area contributed by atoms with Gasteiger partial charge in [-0.3, -0.25) is 9.10 Å². The Balaban J connectivity index is 1.87. The summed E-state index contributed by atoms with van der Waals surface area (Å²) in [5, 5.41) is 13.9. The molecule has 34 heavy (non-hydrogen) atoms. The van der Waals surface area contributed by atoms with E-state index in [-0.39, 0.29) is 22.1 Å². The molecule has 0 fully saturated rings. The fourth-order valence-corrected chi connectivity index (χ4v) is 4.75. The maximum atomic E-state index is 13.5. The normalized spacial score (nSPS) is 11.4. The number of hydrazone groups is 1. The van der Waals surface area contributed by atoms with Crippen LogP contribution in [0, 0.1) is 13.8 Å². The number of methoxy groups -OCH3 is 1. The largest absolute Gasteiger partial charge is 0.504 e. The summed E-state index contributed by atoms with van der Waals surface area (Å²) in [7, 11) is -2.66. The third-order valence-corrected chi connectivity index (χ3v) is 6.95. The van der Waals surface area contributed by atoms with E-state index < -0.39 is 22.5 Å². The van der Waals surface area contributed by atoms with Crippen molar-refractivity contribution in [3.05, 3.63) is 82.4 Å². The number of anilines is 1. The molecular weight excluding hydrogens is 478 g/mol. The summed E-state index contributed by atoms with van der Waals surface area (Å²) in [6, 6.07) is 15.7. The van der Waals surface area contributed by atoms with Crippen LogP contribution in [0.1, 0.15) is 16.7 Å². The Morgan fingerprint density at radius 1 is 1.12 bits per heavy atom. The number of carbonyl (C=O) groups is 1. The molecule has 0 saturated carbocycles. The van der Waals surface area contributed by atoms with Gasteiger partial charge in [-0.2, -0.15) is 5.10 Å². The molecule has 0 radical (unpaired) electrons.